The maximum absolute atomic E-state index is 13.2. The van der Waals surface area contributed by atoms with Gasteiger partial charge in [0.1, 0.15) is 5.75 Å². The van der Waals surface area contributed by atoms with Crippen LogP contribution in [0.1, 0.15) is 25.3 Å². The first-order valence-corrected chi connectivity index (χ1v) is 15.8. The van der Waals surface area contributed by atoms with E-state index >= 15 is 0 Å². The van der Waals surface area contributed by atoms with Gasteiger partial charge in [-0.3, -0.25) is 9.10 Å². The van der Waals surface area contributed by atoms with Gasteiger partial charge < -0.3 is 10.1 Å². The van der Waals surface area contributed by atoms with Crippen molar-refractivity contribution in [1.82, 2.24) is 4.72 Å². The number of carbonyl (C=O) groups is 1. The van der Waals surface area contributed by atoms with E-state index in [4.69, 9.17) is 27.9 Å². The summed E-state index contributed by atoms with van der Waals surface area (Å²) in [5.74, 6) is -0.359. The molecule has 9 nitrogen and oxygen atoms in total. The van der Waals surface area contributed by atoms with E-state index in [1.807, 2.05) is 6.92 Å². The van der Waals surface area contributed by atoms with Crippen LogP contribution in [-0.2, 0) is 31.3 Å². The summed E-state index contributed by atoms with van der Waals surface area (Å²) in [6, 6.07) is 15.0. The van der Waals surface area contributed by atoms with Gasteiger partial charge in [-0.1, -0.05) is 42.6 Å². The molecule has 3 aromatic rings. The third kappa shape index (κ3) is 6.85. The van der Waals surface area contributed by atoms with E-state index in [0.717, 1.165) is 12.0 Å². The number of benzene rings is 3. The number of carbonyl (C=O) groups excluding carboxylic acids is 1. The molecule has 208 valence electrons. The molecule has 0 aliphatic carbocycles. The summed E-state index contributed by atoms with van der Waals surface area (Å²) in [7, 11) is -7.52. The Hall–Kier alpha value is -2.83. The van der Waals surface area contributed by atoms with E-state index in [-0.39, 0.29) is 27.1 Å². The lowest BCUT2D eigenvalue weighted by atomic mass is 10.1. The number of nitrogens with zero attached hydrogens (tertiary/aromatic N) is 1. The third-order valence-electron chi connectivity index (χ3n) is 6.02. The summed E-state index contributed by atoms with van der Waals surface area (Å²) < 4.78 is 60.5. The monoisotopic (exact) mass is 611 g/mol. The van der Waals surface area contributed by atoms with Gasteiger partial charge >= 0.3 is 0 Å². The van der Waals surface area contributed by atoms with Crippen LogP contribution in [0.4, 0.5) is 11.4 Å². The standard InChI is InChI=1S/C26H27Cl2N3O6S2/c1-2-3-13-29-38(33,34)22-10-11-25(23(28)16-22)37-17-26(32)30-20-7-4-18-12-14-31(24(18)15-20)39(35,36)21-8-5-19(27)6-9-21/h4-11,15-16,29H,2-3,12-14,17H2,1H3,(H,30,32). The van der Waals surface area contributed by atoms with Crippen LogP contribution in [0.25, 0.3) is 0 Å². The Labute approximate surface area is 238 Å². The Morgan fingerprint density at radius 2 is 1.69 bits per heavy atom. The van der Waals surface area contributed by atoms with Gasteiger partial charge in [-0.25, -0.2) is 21.6 Å². The van der Waals surface area contributed by atoms with Crippen LogP contribution in [-0.4, -0.2) is 42.4 Å². The normalized spacial score (nSPS) is 13.3. The molecule has 0 saturated carbocycles. The molecule has 2 N–H and O–H groups in total. The molecule has 1 aliphatic heterocycles. The molecule has 0 bridgehead atoms. The van der Waals surface area contributed by atoms with Crippen LogP contribution < -0.4 is 19.1 Å². The van der Waals surface area contributed by atoms with Crippen molar-refractivity contribution in [1.29, 1.82) is 0 Å². The number of anilines is 2. The van der Waals surface area contributed by atoms with E-state index < -0.39 is 32.6 Å². The molecule has 1 heterocycles. The zero-order valence-electron chi connectivity index (χ0n) is 21.0. The van der Waals surface area contributed by atoms with Gasteiger partial charge in [-0.2, -0.15) is 0 Å². The van der Waals surface area contributed by atoms with Crippen LogP contribution in [0.15, 0.2) is 70.5 Å². The Balaban J connectivity index is 1.41. The quantitative estimate of drug-likeness (QED) is 0.299. The molecular formula is C26H27Cl2N3O6S2. The van der Waals surface area contributed by atoms with Crippen molar-refractivity contribution < 1.29 is 26.4 Å². The number of rotatable bonds is 11. The molecule has 4 rings (SSSR count). The van der Waals surface area contributed by atoms with Crippen molar-refractivity contribution in [3.63, 3.8) is 0 Å². The molecule has 0 aromatic heterocycles. The second-order valence-corrected chi connectivity index (χ2v) is 13.3. The molecule has 39 heavy (non-hydrogen) atoms. The number of hydrogen-bond donors (Lipinski definition) is 2. The van der Waals surface area contributed by atoms with E-state index in [9.17, 15) is 21.6 Å². The largest absolute Gasteiger partial charge is 0.482 e. The maximum atomic E-state index is 13.2. The predicted molar refractivity (Wildman–Crippen MR) is 152 cm³/mol. The fourth-order valence-electron chi connectivity index (χ4n) is 3.98. The summed E-state index contributed by atoms with van der Waals surface area (Å²) in [5, 5.41) is 3.17. The fraction of sp³-hybridized carbons (Fsp3) is 0.269. The summed E-state index contributed by atoms with van der Waals surface area (Å²) in [5.41, 5.74) is 1.72. The number of unbranched alkanes of at least 4 members (excludes halogenated alkanes) is 1. The van der Waals surface area contributed by atoms with E-state index in [0.29, 0.717) is 35.8 Å². The van der Waals surface area contributed by atoms with Gasteiger partial charge in [-0.05, 0) is 73.0 Å². The predicted octanol–water partition coefficient (Wildman–Crippen LogP) is 4.84. The van der Waals surface area contributed by atoms with Gasteiger partial charge in [0.15, 0.2) is 6.61 Å². The lowest BCUT2D eigenvalue weighted by molar-refractivity contribution is -0.118. The minimum absolute atomic E-state index is 0.00310. The first kappa shape index (κ1) is 29.2. The fourth-order valence-corrected chi connectivity index (χ4v) is 7.00. The molecule has 0 unspecified atom stereocenters. The van der Waals surface area contributed by atoms with Gasteiger partial charge in [-0.15, -0.1) is 0 Å². The van der Waals surface area contributed by atoms with Crippen LogP contribution in [0.2, 0.25) is 10.0 Å². The number of nitrogens with one attached hydrogen (secondary N) is 2. The Kier molecular flexibility index (Phi) is 9.07. The highest BCUT2D eigenvalue weighted by Crippen LogP contribution is 2.35. The third-order valence-corrected chi connectivity index (χ3v) is 9.85. The van der Waals surface area contributed by atoms with Crippen molar-refractivity contribution in [3.05, 3.63) is 76.3 Å². The van der Waals surface area contributed by atoms with E-state index in [1.54, 1.807) is 18.2 Å². The number of fused-ring (bicyclic) bond motifs is 1. The summed E-state index contributed by atoms with van der Waals surface area (Å²) in [4.78, 5) is 12.7. The maximum Gasteiger partial charge on any atom is 0.264 e. The highest BCUT2D eigenvalue weighted by atomic mass is 35.5. The molecule has 0 atom stereocenters. The molecule has 0 spiro atoms. The number of sulfonamides is 2. The zero-order valence-corrected chi connectivity index (χ0v) is 24.1. The highest BCUT2D eigenvalue weighted by molar-refractivity contribution is 7.92. The summed E-state index contributed by atoms with van der Waals surface area (Å²) in [6.07, 6.45) is 2.10. The molecule has 0 radical (unpaired) electrons. The molecule has 3 aromatic carbocycles. The topological polar surface area (TPSA) is 122 Å². The second kappa shape index (κ2) is 12.1. The number of ether oxygens (including phenoxy) is 1. The number of amides is 1. The highest BCUT2D eigenvalue weighted by Gasteiger charge is 2.31. The lowest BCUT2D eigenvalue weighted by Crippen LogP contribution is -2.29. The summed E-state index contributed by atoms with van der Waals surface area (Å²) >= 11 is 12.1. The van der Waals surface area contributed by atoms with Gasteiger partial charge in [0.2, 0.25) is 10.0 Å². The van der Waals surface area contributed by atoms with Crippen molar-refractivity contribution in [2.24, 2.45) is 0 Å². The molecular weight excluding hydrogens is 585 g/mol. The zero-order chi connectivity index (χ0) is 28.2. The minimum Gasteiger partial charge on any atom is -0.482 e. The van der Waals surface area contributed by atoms with Crippen LogP contribution in [0, 0.1) is 0 Å². The van der Waals surface area contributed by atoms with Crippen molar-refractivity contribution in [2.75, 3.05) is 29.3 Å². The van der Waals surface area contributed by atoms with Crippen molar-refractivity contribution in [3.8, 4) is 5.75 Å². The molecule has 1 amide bonds. The molecule has 1 aliphatic rings. The molecule has 13 heteroatoms. The second-order valence-electron chi connectivity index (χ2n) is 8.80. The average molecular weight is 613 g/mol. The van der Waals surface area contributed by atoms with Crippen LogP contribution in [0.3, 0.4) is 0 Å². The first-order valence-electron chi connectivity index (χ1n) is 12.1. The first-order chi connectivity index (χ1) is 18.5. The Morgan fingerprint density at radius 3 is 2.38 bits per heavy atom. The average Bonchev–Trinajstić information content (AvgIpc) is 3.32. The van der Waals surface area contributed by atoms with Crippen LogP contribution in [0.5, 0.6) is 5.75 Å². The van der Waals surface area contributed by atoms with Gasteiger partial charge in [0, 0.05) is 23.8 Å². The van der Waals surface area contributed by atoms with Crippen molar-refractivity contribution >= 4 is 60.5 Å². The molecule has 0 saturated heterocycles. The SMILES string of the molecule is CCCCNS(=O)(=O)c1ccc(OCC(=O)Nc2ccc3c(c2)N(S(=O)(=O)c2ccc(Cl)cc2)CC3)c(Cl)c1. The van der Waals surface area contributed by atoms with Gasteiger partial charge in [0.25, 0.3) is 15.9 Å². The lowest BCUT2D eigenvalue weighted by Gasteiger charge is -2.20. The van der Waals surface area contributed by atoms with Gasteiger partial charge in [0.05, 0.1) is 20.5 Å². The Bertz CT molecular complexity index is 1580. The number of hydrogen-bond acceptors (Lipinski definition) is 6. The number of halogens is 2. The Morgan fingerprint density at radius 1 is 0.974 bits per heavy atom. The van der Waals surface area contributed by atoms with Crippen LogP contribution >= 0.6 is 23.2 Å². The van der Waals surface area contributed by atoms with E-state index in [2.05, 4.69) is 10.0 Å². The molecule has 0 fully saturated rings. The summed E-state index contributed by atoms with van der Waals surface area (Å²) in [6.45, 7) is 2.16. The van der Waals surface area contributed by atoms with E-state index in [1.165, 1.54) is 46.8 Å². The van der Waals surface area contributed by atoms with Crippen molar-refractivity contribution in [2.45, 2.75) is 36.0 Å². The minimum atomic E-state index is -3.81. The smallest absolute Gasteiger partial charge is 0.264 e.